The summed E-state index contributed by atoms with van der Waals surface area (Å²) < 4.78 is 28.4. The standard InChI is InChI=1S/C19H12FN5O2/c20-12-3-1-11(2-4-12)18-19-14-5-16-17(27-10-26-16)6-15(14)25-13(7-22-23-25)8-24(19)9-21-18/h1-7,9H,8,10H2. The first-order valence-corrected chi connectivity index (χ1v) is 8.43. The van der Waals surface area contributed by atoms with Gasteiger partial charge >= 0.3 is 0 Å². The molecule has 0 saturated carbocycles. The molecule has 0 spiro atoms. The zero-order valence-corrected chi connectivity index (χ0v) is 14.0. The first-order chi connectivity index (χ1) is 13.3. The van der Waals surface area contributed by atoms with Crippen molar-refractivity contribution in [2.75, 3.05) is 6.79 Å². The van der Waals surface area contributed by atoms with Gasteiger partial charge in [-0.05, 0) is 30.3 Å². The van der Waals surface area contributed by atoms with Crippen molar-refractivity contribution in [2.24, 2.45) is 0 Å². The predicted molar refractivity (Wildman–Crippen MR) is 93.2 cm³/mol. The van der Waals surface area contributed by atoms with Crippen LogP contribution in [0.3, 0.4) is 0 Å². The molecule has 8 heteroatoms. The number of imidazole rings is 1. The number of nitrogens with zero attached hydrogens (tertiary/aromatic N) is 5. The van der Waals surface area contributed by atoms with E-state index in [0.717, 1.165) is 33.9 Å². The van der Waals surface area contributed by atoms with Gasteiger partial charge in [-0.15, -0.1) is 5.10 Å². The van der Waals surface area contributed by atoms with Gasteiger partial charge in [-0.1, -0.05) is 5.21 Å². The fourth-order valence-corrected chi connectivity index (χ4v) is 3.64. The van der Waals surface area contributed by atoms with Crippen LogP contribution in [0.5, 0.6) is 11.5 Å². The highest BCUT2D eigenvalue weighted by atomic mass is 19.1. The maximum Gasteiger partial charge on any atom is 0.231 e. The highest BCUT2D eigenvalue weighted by Gasteiger charge is 2.28. The number of rotatable bonds is 1. The van der Waals surface area contributed by atoms with Gasteiger partial charge in [0.15, 0.2) is 11.5 Å². The minimum absolute atomic E-state index is 0.187. The minimum atomic E-state index is -0.279. The molecule has 0 aliphatic carbocycles. The molecule has 27 heavy (non-hydrogen) atoms. The summed E-state index contributed by atoms with van der Waals surface area (Å²) in [6.07, 6.45) is 3.52. The van der Waals surface area contributed by atoms with Crippen molar-refractivity contribution in [3.63, 3.8) is 0 Å². The van der Waals surface area contributed by atoms with Gasteiger partial charge in [0.05, 0.1) is 41.8 Å². The van der Waals surface area contributed by atoms with Crippen LogP contribution in [0.15, 0.2) is 48.9 Å². The van der Waals surface area contributed by atoms with Crippen LogP contribution in [0, 0.1) is 5.82 Å². The molecule has 4 aromatic rings. The van der Waals surface area contributed by atoms with E-state index in [2.05, 4.69) is 15.3 Å². The molecule has 0 atom stereocenters. The van der Waals surface area contributed by atoms with Gasteiger partial charge in [-0.3, -0.25) is 0 Å². The Morgan fingerprint density at radius 2 is 1.85 bits per heavy atom. The van der Waals surface area contributed by atoms with Crippen LogP contribution in [0.4, 0.5) is 4.39 Å². The Balaban J connectivity index is 1.66. The van der Waals surface area contributed by atoms with Crippen molar-refractivity contribution >= 4 is 0 Å². The van der Waals surface area contributed by atoms with Gasteiger partial charge in [0.2, 0.25) is 6.79 Å². The van der Waals surface area contributed by atoms with Crippen molar-refractivity contribution in [1.29, 1.82) is 0 Å². The number of hydrogen-bond donors (Lipinski definition) is 0. The summed E-state index contributed by atoms with van der Waals surface area (Å²) in [5.74, 6) is 1.07. The number of ether oxygens (including phenoxy) is 2. The highest BCUT2D eigenvalue weighted by Crippen LogP contribution is 2.44. The molecule has 2 aliphatic heterocycles. The van der Waals surface area contributed by atoms with Crippen molar-refractivity contribution < 1.29 is 13.9 Å². The van der Waals surface area contributed by atoms with E-state index in [0.29, 0.717) is 18.0 Å². The lowest BCUT2D eigenvalue weighted by atomic mass is 10.0. The van der Waals surface area contributed by atoms with Crippen LogP contribution in [0.2, 0.25) is 0 Å². The number of benzene rings is 2. The molecular formula is C19H12FN5O2. The van der Waals surface area contributed by atoms with E-state index < -0.39 is 0 Å². The lowest BCUT2D eigenvalue weighted by Gasteiger charge is -2.11. The third-order valence-corrected chi connectivity index (χ3v) is 4.88. The van der Waals surface area contributed by atoms with Crippen LogP contribution in [0.1, 0.15) is 5.69 Å². The smallest absolute Gasteiger partial charge is 0.231 e. The second-order valence-corrected chi connectivity index (χ2v) is 6.44. The number of halogens is 1. The van der Waals surface area contributed by atoms with Crippen molar-refractivity contribution in [3.05, 3.63) is 60.4 Å². The Hall–Kier alpha value is -3.68. The topological polar surface area (TPSA) is 67.0 Å². The van der Waals surface area contributed by atoms with Crippen molar-refractivity contribution in [3.8, 4) is 39.7 Å². The molecule has 0 unspecified atom stereocenters. The molecule has 0 bridgehead atoms. The van der Waals surface area contributed by atoms with Gasteiger partial charge in [0.1, 0.15) is 5.82 Å². The Kier molecular flexibility index (Phi) is 2.77. The van der Waals surface area contributed by atoms with Gasteiger partial charge in [-0.25, -0.2) is 14.1 Å². The van der Waals surface area contributed by atoms with Crippen LogP contribution in [0.25, 0.3) is 28.2 Å². The van der Waals surface area contributed by atoms with Gasteiger partial charge in [0.25, 0.3) is 0 Å². The largest absolute Gasteiger partial charge is 0.454 e. The molecule has 0 N–H and O–H groups in total. The van der Waals surface area contributed by atoms with E-state index in [9.17, 15) is 4.39 Å². The molecule has 2 aromatic heterocycles. The highest BCUT2D eigenvalue weighted by molar-refractivity contribution is 5.85. The fourth-order valence-electron chi connectivity index (χ4n) is 3.64. The zero-order valence-electron chi connectivity index (χ0n) is 14.0. The van der Waals surface area contributed by atoms with E-state index in [4.69, 9.17) is 9.47 Å². The van der Waals surface area contributed by atoms with Crippen molar-refractivity contribution in [1.82, 2.24) is 24.5 Å². The van der Waals surface area contributed by atoms with E-state index >= 15 is 0 Å². The SMILES string of the molecule is Fc1ccc(-c2ncn3c2-c2cc4c(cc2-n2nncc2C3)OCO4)cc1. The van der Waals surface area contributed by atoms with Crippen LogP contribution < -0.4 is 9.47 Å². The normalized spacial score (nSPS) is 13.7. The van der Waals surface area contributed by atoms with Gasteiger partial charge < -0.3 is 14.0 Å². The average molecular weight is 361 g/mol. The fraction of sp³-hybridized carbons (Fsp3) is 0.105. The van der Waals surface area contributed by atoms with E-state index in [1.54, 1.807) is 29.3 Å². The third-order valence-electron chi connectivity index (χ3n) is 4.88. The summed E-state index contributed by atoms with van der Waals surface area (Å²) in [4.78, 5) is 4.61. The Morgan fingerprint density at radius 1 is 1.04 bits per heavy atom. The molecule has 0 radical (unpaired) electrons. The number of fused-ring (bicyclic) bond motifs is 6. The van der Waals surface area contributed by atoms with Crippen molar-refractivity contribution in [2.45, 2.75) is 6.54 Å². The maximum absolute atomic E-state index is 13.4. The zero-order chi connectivity index (χ0) is 18.0. The van der Waals surface area contributed by atoms with Gasteiger partial charge in [-0.2, -0.15) is 0 Å². The quantitative estimate of drug-likeness (QED) is 0.459. The summed E-state index contributed by atoms with van der Waals surface area (Å²) >= 11 is 0. The molecule has 4 heterocycles. The number of hydrogen-bond acceptors (Lipinski definition) is 5. The average Bonchev–Trinajstić information content (AvgIpc) is 3.39. The molecule has 0 saturated heterocycles. The molecule has 0 fully saturated rings. The molecular weight excluding hydrogens is 349 g/mol. The van der Waals surface area contributed by atoms with Crippen LogP contribution in [-0.4, -0.2) is 31.3 Å². The van der Waals surface area contributed by atoms with Crippen LogP contribution >= 0.6 is 0 Å². The first kappa shape index (κ1) is 14.5. The van der Waals surface area contributed by atoms with Crippen LogP contribution in [-0.2, 0) is 6.54 Å². The summed E-state index contributed by atoms with van der Waals surface area (Å²) in [7, 11) is 0. The summed E-state index contributed by atoms with van der Waals surface area (Å²) in [5, 5.41) is 8.30. The summed E-state index contributed by atoms with van der Waals surface area (Å²) in [5.41, 5.74) is 5.20. The molecule has 2 aliphatic rings. The first-order valence-electron chi connectivity index (χ1n) is 8.43. The summed E-state index contributed by atoms with van der Waals surface area (Å²) in [6.45, 7) is 0.754. The van der Waals surface area contributed by atoms with Gasteiger partial charge in [0, 0.05) is 17.2 Å². The number of aromatic nitrogens is 5. The molecule has 0 amide bonds. The Morgan fingerprint density at radius 3 is 2.70 bits per heavy atom. The third kappa shape index (κ3) is 2.03. The second kappa shape index (κ2) is 5.16. The monoisotopic (exact) mass is 361 g/mol. The summed E-state index contributed by atoms with van der Waals surface area (Å²) in [6, 6.07) is 10.2. The van der Waals surface area contributed by atoms with E-state index in [1.807, 2.05) is 16.7 Å². The lowest BCUT2D eigenvalue weighted by molar-refractivity contribution is 0.174. The Bertz CT molecular complexity index is 1200. The second-order valence-electron chi connectivity index (χ2n) is 6.44. The maximum atomic E-state index is 13.4. The minimum Gasteiger partial charge on any atom is -0.454 e. The predicted octanol–water partition coefficient (Wildman–Crippen LogP) is 3.03. The van der Waals surface area contributed by atoms with E-state index in [1.165, 1.54) is 12.1 Å². The molecule has 132 valence electrons. The molecule has 2 aromatic carbocycles. The molecule has 6 rings (SSSR count). The van der Waals surface area contributed by atoms with E-state index in [-0.39, 0.29) is 12.6 Å². The molecule has 7 nitrogen and oxygen atoms in total. The Labute approximate surface area is 152 Å². The lowest BCUT2D eigenvalue weighted by Crippen LogP contribution is -2.03.